The van der Waals surface area contributed by atoms with E-state index in [0.29, 0.717) is 0 Å². The van der Waals surface area contributed by atoms with Crippen LogP contribution in [-0.4, -0.2) is 14.5 Å². The summed E-state index contributed by atoms with van der Waals surface area (Å²) < 4.78 is 3.27. The number of hydrogen-bond donors (Lipinski definition) is 1. The number of nitrogens with zero attached hydrogens (tertiary/aromatic N) is 2. The fourth-order valence-corrected chi connectivity index (χ4v) is 3.58. The van der Waals surface area contributed by atoms with Gasteiger partial charge < -0.3 is 5.11 Å². The number of aliphatic hydroxyl groups is 1. The van der Waals surface area contributed by atoms with Crippen LogP contribution in [0.4, 0.5) is 0 Å². The van der Waals surface area contributed by atoms with Crippen LogP contribution in [0.25, 0.3) is 26.4 Å². The Kier molecular flexibility index (Phi) is 2.80. The second-order valence-electron chi connectivity index (χ2n) is 5.15. The normalized spacial score (nSPS) is 13.0. The summed E-state index contributed by atoms with van der Waals surface area (Å²) in [5.74, 6) is 0. The van der Waals surface area contributed by atoms with Crippen LogP contribution in [0, 0.1) is 0 Å². The van der Waals surface area contributed by atoms with Crippen molar-refractivity contribution in [3.63, 3.8) is 0 Å². The Morgan fingerprint density at radius 3 is 2.71 bits per heavy atom. The van der Waals surface area contributed by atoms with E-state index in [9.17, 15) is 5.11 Å². The summed E-state index contributed by atoms with van der Waals surface area (Å²) in [7, 11) is 0. The summed E-state index contributed by atoms with van der Waals surface area (Å²) in [6, 6.07) is 16.3. The second kappa shape index (κ2) is 4.69. The Morgan fingerprint density at radius 2 is 1.95 bits per heavy atom. The summed E-state index contributed by atoms with van der Waals surface area (Å²) in [6.07, 6.45) is 1.63. The average Bonchev–Trinajstić information content (AvgIpc) is 3.04. The predicted molar refractivity (Wildman–Crippen MR) is 86.6 cm³/mol. The molecule has 0 radical (unpaired) electrons. The van der Waals surface area contributed by atoms with Gasteiger partial charge in [0.2, 0.25) is 0 Å². The molecule has 0 amide bonds. The molecule has 0 aliphatic rings. The molecule has 1 atom stereocenters. The van der Waals surface area contributed by atoms with E-state index in [0.717, 1.165) is 32.0 Å². The molecule has 1 unspecified atom stereocenters. The SMILES string of the molecule is CC(O)c1ccc2c(c1)sc1nc(-c3ccccc3)cn12. The molecule has 4 aromatic rings. The molecule has 2 heterocycles. The summed E-state index contributed by atoms with van der Waals surface area (Å²) in [6.45, 7) is 1.79. The van der Waals surface area contributed by atoms with Crippen LogP contribution in [0.3, 0.4) is 0 Å². The first-order valence-corrected chi connectivity index (χ1v) is 7.69. The Balaban J connectivity index is 1.90. The Bertz CT molecular complexity index is 922. The maximum atomic E-state index is 9.68. The highest BCUT2D eigenvalue weighted by atomic mass is 32.1. The number of aliphatic hydroxyl groups excluding tert-OH is 1. The number of thiazole rings is 1. The third-order valence-electron chi connectivity index (χ3n) is 3.67. The standard InChI is InChI=1S/C17H14N2OS/c1-11(20)13-7-8-15-16(9-13)21-17-18-14(10-19(15)17)12-5-3-2-4-6-12/h2-11,20H,1H3. The number of fused-ring (bicyclic) bond motifs is 3. The van der Waals surface area contributed by atoms with Crippen LogP contribution < -0.4 is 0 Å². The molecule has 0 saturated carbocycles. The van der Waals surface area contributed by atoms with Gasteiger partial charge in [-0.15, -0.1) is 0 Å². The quantitative estimate of drug-likeness (QED) is 0.599. The molecule has 0 saturated heterocycles. The zero-order valence-corrected chi connectivity index (χ0v) is 12.3. The molecule has 21 heavy (non-hydrogen) atoms. The summed E-state index contributed by atoms with van der Waals surface area (Å²) in [4.78, 5) is 5.69. The molecule has 3 nitrogen and oxygen atoms in total. The van der Waals surface area contributed by atoms with Crippen molar-refractivity contribution in [2.45, 2.75) is 13.0 Å². The van der Waals surface area contributed by atoms with Crippen molar-refractivity contribution in [1.29, 1.82) is 0 Å². The summed E-state index contributed by atoms with van der Waals surface area (Å²) >= 11 is 1.65. The molecular weight excluding hydrogens is 280 g/mol. The molecule has 2 aromatic carbocycles. The van der Waals surface area contributed by atoms with E-state index in [1.807, 2.05) is 30.3 Å². The van der Waals surface area contributed by atoms with Crippen molar-refractivity contribution in [2.24, 2.45) is 0 Å². The van der Waals surface area contributed by atoms with Gasteiger partial charge in [-0.05, 0) is 24.6 Å². The van der Waals surface area contributed by atoms with E-state index >= 15 is 0 Å². The third kappa shape index (κ3) is 2.04. The minimum Gasteiger partial charge on any atom is -0.389 e. The largest absolute Gasteiger partial charge is 0.389 e. The van der Waals surface area contributed by atoms with Gasteiger partial charge in [-0.2, -0.15) is 0 Å². The van der Waals surface area contributed by atoms with E-state index in [1.54, 1.807) is 18.3 Å². The van der Waals surface area contributed by atoms with Crippen LogP contribution >= 0.6 is 11.3 Å². The van der Waals surface area contributed by atoms with Crippen molar-refractivity contribution in [1.82, 2.24) is 9.38 Å². The first-order chi connectivity index (χ1) is 10.2. The molecule has 0 aliphatic heterocycles. The van der Waals surface area contributed by atoms with E-state index in [-0.39, 0.29) is 0 Å². The Hall–Kier alpha value is -2.17. The highest BCUT2D eigenvalue weighted by Gasteiger charge is 2.11. The number of rotatable bonds is 2. The van der Waals surface area contributed by atoms with Crippen molar-refractivity contribution in [2.75, 3.05) is 0 Å². The van der Waals surface area contributed by atoms with Crippen molar-refractivity contribution < 1.29 is 5.11 Å². The van der Waals surface area contributed by atoms with E-state index in [2.05, 4.69) is 28.8 Å². The smallest absolute Gasteiger partial charge is 0.195 e. The lowest BCUT2D eigenvalue weighted by atomic mass is 10.1. The number of aromatic nitrogens is 2. The maximum Gasteiger partial charge on any atom is 0.195 e. The Morgan fingerprint density at radius 1 is 1.14 bits per heavy atom. The van der Waals surface area contributed by atoms with Gasteiger partial charge in [0.15, 0.2) is 4.96 Å². The maximum absolute atomic E-state index is 9.68. The van der Waals surface area contributed by atoms with Crippen LogP contribution in [0.5, 0.6) is 0 Å². The summed E-state index contributed by atoms with van der Waals surface area (Å²) in [5, 5.41) is 9.68. The minimum absolute atomic E-state index is 0.441. The molecule has 4 rings (SSSR count). The summed E-state index contributed by atoms with van der Waals surface area (Å²) in [5.41, 5.74) is 4.19. The van der Waals surface area contributed by atoms with Gasteiger partial charge in [-0.25, -0.2) is 4.98 Å². The van der Waals surface area contributed by atoms with Gasteiger partial charge in [0.05, 0.1) is 22.0 Å². The van der Waals surface area contributed by atoms with Gasteiger partial charge >= 0.3 is 0 Å². The van der Waals surface area contributed by atoms with E-state index in [4.69, 9.17) is 4.98 Å². The monoisotopic (exact) mass is 294 g/mol. The van der Waals surface area contributed by atoms with Crippen LogP contribution in [0.2, 0.25) is 0 Å². The van der Waals surface area contributed by atoms with Crippen molar-refractivity contribution in [3.05, 3.63) is 60.3 Å². The highest BCUT2D eigenvalue weighted by molar-refractivity contribution is 7.23. The fourth-order valence-electron chi connectivity index (χ4n) is 2.53. The topological polar surface area (TPSA) is 37.5 Å². The van der Waals surface area contributed by atoms with Crippen LogP contribution in [0.1, 0.15) is 18.6 Å². The molecule has 104 valence electrons. The van der Waals surface area contributed by atoms with Crippen LogP contribution in [-0.2, 0) is 0 Å². The average molecular weight is 294 g/mol. The zero-order chi connectivity index (χ0) is 14.4. The lowest BCUT2D eigenvalue weighted by Crippen LogP contribution is -1.89. The van der Waals surface area contributed by atoms with Gasteiger partial charge in [0, 0.05) is 11.8 Å². The molecule has 4 heteroatoms. The van der Waals surface area contributed by atoms with E-state index < -0.39 is 6.10 Å². The molecule has 2 aromatic heterocycles. The Labute approximate surface area is 126 Å². The highest BCUT2D eigenvalue weighted by Crippen LogP contribution is 2.31. The molecular formula is C17H14N2OS. The first-order valence-electron chi connectivity index (χ1n) is 6.87. The third-order valence-corrected chi connectivity index (χ3v) is 4.69. The zero-order valence-electron chi connectivity index (χ0n) is 11.5. The molecule has 0 spiro atoms. The van der Waals surface area contributed by atoms with Gasteiger partial charge in [0.1, 0.15) is 0 Å². The molecule has 1 N–H and O–H groups in total. The number of imidazole rings is 1. The number of benzene rings is 2. The van der Waals surface area contributed by atoms with Gasteiger partial charge in [-0.3, -0.25) is 4.40 Å². The predicted octanol–water partition coefficient (Wildman–Crippen LogP) is 4.27. The van der Waals surface area contributed by atoms with Crippen molar-refractivity contribution >= 4 is 26.5 Å². The number of hydrogen-bond acceptors (Lipinski definition) is 3. The molecule has 0 aliphatic carbocycles. The first kappa shape index (κ1) is 12.6. The van der Waals surface area contributed by atoms with Gasteiger partial charge in [-0.1, -0.05) is 47.7 Å². The molecule has 0 fully saturated rings. The fraction of sp³-hybridized carbons (Fsp3) is 0.118. The lowest BCUT2D eigenvalue weighted by molar-refractivity contribution is 0.199. The van der Waals surface area contributed by atoms with Gasteiger partial charge in [0.25, 0.3) is 0 Å². The van der Waals surface area contributed by atoms with Crippen LogP contribution in [0.15, 0.2) is 54.7 Å². The van der Waals surface area contributed by atoms with Crippen molar-refractivity contribution in [3.8, 4) is 11.3 Å². The second-order valence-corrected chi connectivity index (χ2v) is 6.16. The minimum atomic E-state index is -0.441. The molecule has 0 bridgehead atoms. The lowest BCUT2D eigenvalue weighted by Gasteiger charge is -2.03. The van der Waals surface area contributed by atoms with E-state index in [1.165, 1.54) is 0 Å².